The SMILES string of the molecule is CCOc1cccc([C@H]2C(C(=O)OC)=C(C)Nc3ncnn32)c1. The van der Waals surface area contributed by atoms with Crippen molar-refractivity contribution in [3.8, 4) is 5.75 Å². The first-order chi connectivity index (χ1) is 11.2. The van der Waals surface area contributed by atoms with Crippen LogP contribution in [0.2, 0.25) is 0 Å². The van der Waals surface area contributed by atoms with E-state index in [0.717, 1.165) is 11.3 Å². The Morgan fingerprint density at radius 2 is 2.26 bits per heavy atom. The molecule has 120 valence electrons. The molecule has 1 aliphatic rings. The molecule has 0 bridgehead atoms. The lowest BCUT2D eigenvalue weighted by molar-refractivity contribution is -0.136. The Morgan fingerprint density at radius 1 is 1.43 bits per heavy atom. The van der Waals surface area contributed by atoms with Crippen molar-refractivity contribution in [1.29, 1.82) is 0 Å². The molecule has 0 fully saturated rings. The zero-order valence-corrected chi connectivity index (χ0v) is 13.2. The second-order valence-electron chi connectivity index (χ2n) is 5.09. The number of carbonyl (C=O) groups is 1. The normalized spacial score (nSPS) is 16.6. The van der Waals surface area contributed by atoms with Crippen LogP contribution in [0.3, 0.4) is 0 Å². The number of rotatable bonds is 4. The number of methoxy groups -OCH3 is 1. The van der Waals surface area contributed by atoms with Gasteiger partial charge in [0.1, 0.15) is 18.1 Å². The predicted molar refractivity (Wildman–Crippen MR) is 84.1 cm³/mol. The molecule has 1 aromatic carbocycles. The van der Waals surface area contributed by atoms with Crippen LogP contribution < -0.4 is 10.1 Å². The van der Waals surface area contributed by atoms with Gasteiger partial charge < -0.3 is 14.8 Å². The van der Waals surface area contributed by atoms with Gasteiger partial charge in [0.15, 0.2) is 0 Å². The lowest BCUT2D eigenvalue weighted by atomic mass is 9.95. The zero-order valence-electron chi connectivity index (χ0n) is 13.2. The Bertz CT molecular complexity index is 766. The van der Waals surface area contributed by atoms with Gasteiger partial charge in [-0.05, 0) is 31.5 Å². The fraction of sp³-hybridized carbons (Fsp3) is 0.312. The number of hydrogen-bond acceptors (Lipinski definition) is 6. The average molecular weight is 314 g/mol. The molecule has 0 spiro atoms. The first-order valence-electron chi connectivity index (χ1n) is 7.34. The number of nitrogens with one attached hydrogen (secondary N) is 1. The molecule has 0 saturated carbocycles. The minimum absolute atomic E-state index is 0.400. The van der Waals surface area contributed by atoms with E-state index in [-0.39, 0.29) is 0 Å². The molecule has 2 aromatic rings. The molecule has 1 atom stereocenters. The lowest BCUT2D eigenvalue weighted by Crippen LogP contribution is -2.29. The second kappa shape index (κ2) is 6.12. The standard InChI is InChI=1S/C16H18N4O3/c1-4-23-12-7-5-6-11(8-12)14-13(15(21)22-3)10(2)19-16-17-9-18-20(14)16/h5-9,14H,4H2,1-3H3,(H,17,18,19)/t14-/m0/s1. The van der Waals surface area contributed by atoms with Gasteiger partial charge in [0, 0.05) is 5.70 Å². The van der Waals surface area contributed by atoms with Crippen LogP contribution in [-0.2, 0) is 9.53 Å². The van der Waals surface area contributed by atoms with Crippen LogP contribution in [0.4, 0.5) is 5.95 Å². The molecule has 7 heteroatoms. The third kappa shape index (κ3) is 2.65. The summed E-state index contributed by atoms with van der Waals surface area (Å²) in [6.45, 7) is 4.32. The number of ether oxygens (including phenoxy) is 2. The first kappa shape index (κ1) is 15.1. The van der Waals surface area contributed by atoms with Gasteiger partial charge in [-0.25, -0.2) is 9.48 Å². The number of anilines is 1. The maximum absolute atomic E-state index is 12.3. The molecule has 0 radical (unpaired) electrons. The highest BCUT2D eigenvalue weighted by Crippen LogP contribution is 2.36. The largest absolute Gasteiger partial charge is 0.494 e. The van der Waals surface area contributed by atoms with Crippen molar-refractivity contribution in [3.05, 3.63) is 47.4 Å². The minimum Gasteiger partial charge on any atom is -0.494 e. The molecule has 1 aliphatic heterocycles. The number of nitrogens with zero attached hydrogens (tertiary/aromatic N) is 3. The molecule has 1 aromatic heterocycles. The molecule has 23 heavy (non-hydrogen) atoms. The number of carbonyl (C=O) groups excluding carboxylic acids is 1. The average Bonchev–Trinajstić information content (AvgIpc) is 3.01. The molecule has 0 unspecified atom stereocenters. The summed E-state index contributed by atoms with van der Waals surface area (Å²) in [7, 11) is 1.37. The Morgan fingerprint density at radius 3 is 3.00 bits per heavy atom. The summed E-state index contributed by atoms with van der Waals surface area (Å²) >= 11 is 0. The zero-order chi connectivity index (χ0) is 16.4. The number of benzene rings is 1. The van der Waals surface area contributed by atoms with E-state index in [2.05, 4.69) is 15.4 Å². The third-order valence-corrected chi connectivity index (χ3v) is 3.68. The molecule has 0 aliphatic carbocycles. The Hall–Kier alpha value is -2.83. The molecular weight excluding hydrogens is 296 g/mol. The van der Waals surface area contributed by atoms with E-state index in [0.29, 0.717) is 23.8 Å². The quantitative estimate of drug-likeness (QED) is 0.871. The van der Waals surface area contributed by atoms with Crippen LogP contribution in [0, 0.1) is 0 Å². The van der Waals surface area contributed by atoms with Gasteiger partial charge in [0.2, 0.25) is 5.95 Å². The number of allylic oxidation sites excluding steroid dienone is 1. The topological polar surface area (TPSA) is 78.3 Å². The summed E-state index contributed by atoms with van der Waals surface area (Å²) in [5.74, 6) is 0.928. The van der Waals surface area contributed by atoms with Crippen LogP contribution >= 0.6 is 0 Å². The Labute approximate surface area is 133 Å². The van der Waals surface area contributed by atoms with E-state index in [4.69, 9.17) is 9.47 Å². The van der Waals surface area contributed by atoms with E-state index in [1.807, 2.05) is 38.1 Å². The van der Waals surface area contributed by atoms with Crippen LogP contribution in [0.25, 0.3) is 0 Å². The smallest absolute Gasteiger partial charge is 0.338 e. The minimum atomic E-state index is -0.415. The molecule has 0 amide bonds. The second-order valence-corrected chi connectivity index (χ2v) is 5.09. The van der Waals surface area contributed by atoms with Gasteiger partial charge in [0.05, 0.1) is 19.3 Å². The summed E-state index contributed by atoms with van der Waals surface area (Å²) in [4.78, 5) is 16.5. The van der Waals surface area contributed by atoms with Crippen molar-refractivity contribution < 1.29 is 14.3 Å². The summed E-state index contributed by atoms with van der Waals surface area (Å²) < 4.78 is 12.2. The van der Waals surface area contributed by atoms with Crippen LogP contribution in [0.5, 0.6) is 5.75 Å². The van der Waals surface area contributed by atoms with Crippen molar-refractivity contribution in [1.82, 2.24) is 14.8 Å². The highest BCUT2D eigenvalue weighted by atomic mass is 16.5. The summed E-state index contributed by atoms with van der Waals surface area (Å²) in [5.41, 5.74) is 2.08. The summed E-state index contributed by atoms with van der Waals surface area (Å²) in [6, 6.07) is 7.19. The highest BCUT2D eigenvalue weighted by molar-refractivity contribution is 5.92. The molecular formula is C16H18N4O3. The predicted octanol–water partition coefficient (Wildman–Crippen LogP) is 2.14. The van der Waals surface area contributed by atoms with E-state index in [1.54, 1.807) is 4.68 Å². The van der Waals surface area contributed by atoms with Crippen molar-refractivity contribution >= 4 is 11.9 Å². The third-order valence-electron chi connectivity index (χ3n) is 3.68. The number of fused-ring (bicyclic) bond motifs is 1. The van der Waals surface area contributed by atoms with Crippen LogP contribution in [0.1, 0.15) is 25.5 Å². The van der Waals surface area contributed by atoms with Gasteiger partial charge in [-0.1, -0.05) is 12.1 Å². The number of esters is 1. The van der Waals surface area contributed by atoms with Gasteiger partial charge in [-0.3, -0.25) is 0 Å². The Balaban J connectivity index is 2.13. The highest BCUT2D eigenvalue weighted by Gasteiger charge is 2.34. The van der Waals surface area contributed by atoms with Gasteiger partial charge in [-0.15, -0.1) is 0 Å². The maximum Gasteiger partial charge on any atom is 0.338 e. The summed E-state index contributed by atoms with van der Waals surface area (Å²) in [5, 5.41) is 7.33. The molecule has 2 heterocycles. The van der Waals surface area contributed by atoms with Crippen LogP contribution in [-0.4, -0.2) is 34.5 Å². The first-order valence-corrected chi connectivity index (χ1v) is 7.34. The Kier molecular flexibility index (Phi) is 4.01. The monoisotopic (exact) mass is 314 g/mol. The van der Waals surface area contributed by atoms with Crippen molar-refractivity contribution in [2.75, 3.05) is 19.0 Å². The van der Waals surface area contributed by atoms with Crippen LogP contribution in [0.15, 0.2) is 41.9 Å². The van der Waals surface area contributed by atoms with E-state index >= 15 is 0 Å². The van der Waals surface area contributed by atoms with Crippen molar-refractivity contribution in [2.24, 2.45) is 0 Å². The summed E-state index contributed by atoms with van der Waals surface area (Å²) in [6.07, 6.45) is 1.45. The van der Waals surface area contributed by atoms with Gasteiger partial charge >= 0.3 is 5.97 Å². The number of hydrogen-bond donors (Lipinski definition) is 1. The fourth-order valence-electron chi connectivity index (χ4n) is 2.71. The van der Waals surface area contributed by atoms with Crippen molar-refractivity contribution in [2.45, 2.75) is 19.9 Å². The molecule has 7 nitrogen and oxygen atoms in total. The molecule has 3 rings (SSSR count). The number of aromatic nitrogens is 3. The van der Waals surface area contributed by atoms with E-state index in [1.165, 1.54) is 13.4 Å². The maximum atomic E-state index is 12.3. The van der Waals surface area contributed by atoms with Gasteiger partial charge in [-0.2, -0.15) is 10.1 Å². The van der Waals surface area contributed by atoms with E-state index < -0.39 is 12.0 Å². The lowest BCUT2D eigenvalue weighted by Gasteiger charge is -2.28. The van der Waals surface area contributed by atoms with E-state index in [9.17, 15) is 4.79 Å². The van der Waals surface area contributed by atoms with Gasteiger partial charge in [0.25, 0.3) is 0 Å². The fourth-order valence-corrected chi connectivity index (χ4v) is 2.71. The molecule has 1 N–H and O–H groups in total. The molecule has 0 saturated heterocycles. The van der Waals surface area contributed by atoms with Crippen molar-refractivity contribution in [3.63, 3.8) is 0 Å².